The Morgan fingerprint density at radius 2 is 1.92 bits per heavy atom. The number of nitrogens with zero attached hydrogens (tertiary/aromatic N) is 3. The summed E-state index contributed by atoms with van der Waals surface area (Å²) in [4.78, 5) is 15.4. The van der Waals surface area contributed by atoms with Gasteiger partial charge < -0.3 is 0 Å². The van der Waals surface area contributed by atoms with Crippen molar-refractivity contribution >= 4 is 29.0 Å². The van der Waals surface area contributed by atoms with E-state index in [1.54, 1.807) is 12.1 Å². The van der Waals surface area contributed by atoms with Gasteiger partial charge in [-0.25, -0.2) is 0 Å². The second kappa shape index (κ2) is 7.20. The summed E-state index contributed by atoms with van der Waals surface area (Å²) in [5.74, 6) is 0. The molecule has 3 rings (SSSR count). The second-order valence-corrected chi connectivity index (χ2v) is 7.03. The molecule has 0 saturated heterocycles. The largest absolute Gasteiger partial charge is 0.270 e. The molecule has 1 aliphatic rings. The molecule has 0 spiro atoms. The zero-order chi connectivity index (χ0) is 18.7. The molecule has 1 heterocycles. The van der Waals surface area contributed by atoms with Crippen LogP contribution < -0.4 is 0 Å². The predicted octanol–water partition coefficient (Wildman–Crippen LogP) is 5.17. The number of rotatable bonds is 6. The Morgan fingerprint density at radius 3 is 2.58 bits per heavy atom. The maximum Gasteiger partial charge on any atom is 0.270 e. The minimum atomic E-state index is -0.324. The van der Waals surface area contributed by atoms with Gasteiger partial charge in [0.05, 0.1) is 22.4 Å². The Bertz CT molecular complexity index is 883. The number of para-hydroxylation sites is 1. The number of nitro groups is 1. The molecule has 0 unspecified atom stereocenters. The summed E-state index contributed by atoms with van der Waals surface area (Å²) in [5, 5.41) is 11.2. The van der Waals surface area contributed by atoms with Crippen molar-refractivity contribution in [1.29, 1.82) is 0 Å². The number of nitro benzene ring substituents is 1. The molecule has 0 aliphatic carbocycles. The molecule has 1 aliphatic heterocycles. The van der Waals surface area contributed by atoms with Crippen molar-refractivity contribution in [3.8, 4) is 0 Å². The van der Waals surface area contributed by atoms with Crippen LogP contribution in [0.2, 0.25) is 0 Å². The molecule has 0 N–H and O–H groups in total. The zero-order valence-corrected chi connectivity index (χ0v) is 15.5. The molecule has 0 fully saturated rings. The van der Waals surface area contributed by atoms with E-state index in [1.165, 1.54) is 5.71 Å². The Balaban J connectivity index is 1.97. The van der Waals surface area contributed by atoms with E-state index >= 15 is 0 Å². The van der Waals surface area contributed by atoms with Crippen LogP contribution in [0.25, 0.3) is 0 Å². The molecule has 5 heteroatoms. The molecule has 0 saturated carbocycles. The fraction of sp³-hybridized carbons (Fsp3) is 0.333. The molecule has 26 heavy (non-hydrogen) atoms. The smallest absolute Gasteiger partial charge is 0.261 e. The minimum Gasteiger partial charge on any atom is -0.261 e. The third kappa shape index (κ3) is 3.29. The van der Waals surface area contributed by atoms with Gasteiger partial charge in [0.25, 0.3) is 5.69 Å². The molecule has 0 atom stereocenters. The van der Waals surface area contributed by atoms with Gasteiger partial charge in [-0.1, -0.05) is 25.1 Å². The Labute approximate surface area is 153 Å². The van der Waals surface area contributed by atoms with Crippen molar-refractivity contribution in [1.82, 2.24) is 0 Å². The van der Waals surface area contributed by atoms with Crippen LogP contribution in [-0.2, 0) is 5.41 Å². The summed E-state index contributed by atoms with van der Waals surface area (Å²) in [6.07, 6.45) is 3.66. The summed E-state index contributed by atoms with van der Waals surface area (Å²) in [5.41, 5.74) is 4.13. The van der Waals surface area contributed by atoms with E-state index in [-0.39, 0.29) is 16.0 Å². The van der Waals surface area contributed by atoms with E-state index in [0.717, 1.165) is 29.9 Å². The van der Waals surface area contributed by atoms with Gasteiger partial charge in [-0.2, -0.15) is 4.58 Å². The lowest BCUT2D eigenvalue weighted by Gasteiger charge is -2.16. The Hall–Kier alpha value is -2.82. The first-order chi connectivity index (χ1) is 12.4. The fourth-order valence-electron chi connectivity index (χ4n) is 3.61. The van der Waals surface area contributed by atoms with Crippen LogP contribution in [0.3, 0.4) is 0 Å². The summed E-state index contributed by atoms with van der Waals surface area (Å²) < 4.78 is 2.30. The lowest BCUT2D eigenvalue weighted by Crippen LogP contribution is -2.30. The standard InChI is InChI=1S/C21H24N3O2/c1-4-14-23-19-11-10-17(24(25)26)15-18(19)21(2,3)20(23)12-13-22-16-8-6-5-7-9-16/h5-11,13,15H,4,12,14H2,1-3H3/q+1. The first-order valence-electron chi connectivity index (χ1n) is 8.95. The summed E-state index contributed by atoms with van der Waals surface area (Å²) >= 11 is 0. The van der Waals surface area contributed by atoms with E-state index in [0.29, 0.717) is 6.42 Å². The fourth-order valence-corrected chi connectivity index (χ4v) is 3.61. The molecule has 5 nitrogen and oxygen atoms in total. The third-order valence-corrected chi connectivity index (χ3v) is 4.93. The van der Waals surface area contributed by atoms with Crippen LogP contribution in [-0.4, -0.2) is 28.0 Å². The average Bonchev–Trinajstić information content (AvgIpc) is 2.84. The number of benzene rings is 2. The van der Waals surface area contributed by atoms with E-state index in [9.17, 15) is 10.1 Å². The third-order valence-electron chi connectivity index (χ3n) is 4.93. The normalized spacial score (nSPS) is 15.5. The molecule has 0 aromatic heterocycles. The molecule has 0 amide bonds. The van der Waals surface area contributed by atoms with Crippen LogP contribution in [0.15, 0.2) is 53.5 Å². The summed E-state index contributed by atoms with van der Waals surface area (Å²) in [7, 11) is 0. The highest BCUT2D eigenvalue weighted by Gasteiger charge is 2.45. The number of aliphatic imine (C=N–C) groups is 1. The van der Waals surface area contributed by atoms with E-state index in [4.69, 9.17) is 0 Å². The maximum absolute atomic E-state index is 11.2. The van der Waals surface area contributed by atoms with Gasteiger partial charge in [0.2, 0.25) is 5.69 Å². The number of fused-ring (bicyclic) bond motifs is 1. The van der Waals surface area contributed by atoms with Crippen molar-refractivity contribution < 1.29 is 9.50 Å². The van der Waals surface area contributed by atoms with Crippen molar-refractivity contribution in [2.75, 3.05) is 6.54 Å². The van der Waals surface area contributed by atoms with Gasteiger partial charge in [-0.3, -0.25) is 15.1 Å². The molecule has 0 radical (unpaired) electrons. The molecular formula is C21H24N3O2+. The van der Waals surface area contributed by atoms with Crippen LogP contribution in [0.4, 0.5) is 17.1 Å². The van der Waals surface area contributed by atoms with Crippen molar-refractivity contribution in [3.05, 3.63) is 64.2 Å². The molecular weight excluding hydrogens is 326 g/mol. The molecule has 134 valence electrons. The highest BCUT2D eigenvalue weighted by molar-refractivity contribution is 6.02. The van der Waals surface area contributed by atoms with Crippen LogP contribution in [0, 0.1) is 10.1 Å². The van der Waals surface area contributed by atoms with E-state index < -0.39 is 0 Å². The van der Waals surface area contributed by atoms with Gasteiger partial charge in [-0.05, 0) is 26.0 Å². The quantitative estimate of drug-likeness (QED) is 0.312. The van der Waals surface area contributed by atoms with Crippen molar-refractivity contribution in [2.45, 2.75) is 39.0 Å². The minimum absolute atomic E-state index is 0.146. The van der Waals surface area contributed by atoms with E-state index in [1.807, 2.05) is 42.6 Å². The zero-order valence-electron chi connectivity index (χ0n) is 15.5. The van der Waals surface area contributed by atoms with Gasteiger partial charge in [0.1, 0.15) is 6.54 Å². The lowest BCUT2D eigenvalue weighted by molar-refractivity contribution is -0.439. The highest BCUT2D eigenvalue weighted by atomic mass is 16.6. The second-order valence-electron chi connectivity index (χ2n) is 7.03. The first kappa shape index (κ1) is 18.0. The first-order valence-corrected chi connectivity index (χ1v) is 8.95. The topological polar surface area (TPSA) is 58.5 Å². The van der Waals surface area contributed by atoms with Gasteiger partial charge in [0.15, 0.2) is 5.71 Å². The van der Waals surface area contributed by atoms with Crippen molar-refractivity contribution in [2.24, 2.45) is 4.99 Å². The predicted molar refractivity (Wildman–Crippen MR) is 105 cm³/mol. The molecule has 0 bridgehead atoms. The number of non-ortho nitro benzene ring substituents is 1. The molecule has 2 aromatic carbocycles. The number of hydrogen-bond donors (Lipinski definition) is 0. The van der Waals surface area contributed by atoms with Gasteiger partial charge >= 0.3 is 0 Å². The van der Waals surface area contributed by atoms with Crippen LogP contribution in [0.1, 0.15) is 39.2 Å². The SMILES string of the molecule is CCC[N+]1=C(CC=Nc2ccccc2)C(C)(C)c2cc([N+](=O)[O-])ccc21. The Morgan fingerprint density at radius 1 is 1.19 bits per heavy atom. The summed E-state index contributed by atoms with van der Waals surface area (Å²) in [6.45, 7) is 7.31. The lowest BCUT2D eigenvalue weighted by atomic mass is 9.80. The average molecular weight is 350 g/mol. The van der Waals surface area contributed by atoms with Gasteiger partial charge in [0, 0.05) is 36.4 Å². The van der Waals surface area contributed by atoms with Crippen molar-refractivity contribution in [3.63, 3.8) is 0 Å². The Kier molecular flexibility index (Phi) is 4.98. The maximum atomic E-state index is 11.2. The van der Waals surface area contributed by atoms with E-state index in [2.05, 4.69) is 30.3 Å². The highest BCUT2D eigenvalue weighted by Crippen LogP contribution is 2.42. The summed E-state index contributed by atoms with van der Waals surface area (Å²) in [6, 6.07) is 15.1. The van der Waals surface area contributed by atoms with Crippen LogP contribution >= 0.6 is 0 Å². The van der Waals surface area contributed by atoms with Crippen LogP contribution in [0.5, 0.6) is 0 Å². The van der Waals surface area contributed by atoms with Gasteiger partial charge in [-0.15, -0.1) is 0 Å². The monoisotopic (exact) mass is 350 g/mol. The number of hydrogen-bond acceptors (Lipinski definition) is 3. The molecule has 2 aromatic rings.